The fourth-order valence-corrected chi connectivity index (χ4v) is 7.56. The number of benzene rings is 2. The molecule has 1 aromatic heterocycles. The predicted octanol–water partition coefficient (Wildman–Crippen LogP) is 5.65. The SMILES string of the molecule is COc1ccccc1-c1nnc(NC(=O)c2ccc(S(=O)(=O)N(C3CCCCC3)C3CCCCC3)cc2)o1. The number of hydrogen-bond donors (Lipinski definition) is 1. The maximum atomic E-state index is 13.9. The molecule has 1 amide bonds. The quantitative estimate of drug-likeness (QED) is 0.394. The molecule has 0 saturated heterocycles. The van der Waals surface area contributed by atoms with E-state index in [1.54, 1.807) is 19.2 Å². The topological polar surface area (TPSA) is 115 Å². The number of carbonyl (C=O) groups excluding carboxylic acids is 1. The van der Waals surface area contributed by atoms with Crippen LogP contribution in [0.1, 0.15) is 74.6 Å². The van der Waals surface area contributed by atoms with Gasteiger partial charge < -0.3 is 9.15 Å². The van der Waals surface area contributed by atoms with E-state index in [2.05, 4.69) is 15.5 Å². The van der Waals surface area contributed by atoms with Crippen LogP contribution in [0.3, 0.4) is 0 Å². The van der Waals surface area contributed by atoms with Crippen molar-refractivity contribution in [3.8, 4) is 17.2 Å². The lowest BCUT2D eigenvalue weighted by molar-refractivity contribution is 0.102. The minimum atomic E-state index is -3.69. The van der Waals surface area contributed by atoms with Crippen LogP contribution in [0.25, 0.3) is 11.5 Å². The van der Waals surface area contributed by atoms with Crippen molar-refractivity contribution in [3.63, 3.8) is 0 Å². The molecule has 10 heteroatoms. The number of methoxy groups -OCH3 is 1. The number of anilines is 1. The lowest BCUT2D eigenvalue weighted by atomic mass is 9.91. The van der Waals surface area contributed by atoms with Crippen LogP contribution in [-0.2, 0) is 10.0 Å². The Hall–Kier alpha value is -3.24. The molecule has 0 spiro atoms. The Morgan fingerprint density at radius 1 is 0.895 bits per heavy atom. The van der Waals surface area contributed by atoms with Crippen LogP contribution in [-0.4, -0.2) is 48.0 Å². The van der Waals surface area contributed by atoms with Crippen LogP contribution in [0.2, 0.25) is 0 Å². The molecule has 38 heavy (non-hydrogen) atoms. The van der Waals surface area contributed by atoms with Gasteiger partial charge in [-0.15, -0.1) is 5.10 Å². The molecule has 3 aromatic rings. The molecule has 2 aromatic carbocycles. The molecule has 0 unspecified atom stereocenters. The standard InChI is InChI=1S/C28H34N4O5S/c1-36-25-15-9-8-14-24(25)27-30-31-28(37-27)29-26(33)20-16-18-23(19-17-20)38(34,35)32(21-10-4-2-5-11-21)22-12-6-3-7-13-22/h8-9,14-19,21-22H,2-7,10-13H2,1H3,(H,29,31,33). The summed E-state index contributed by atoms with van der Waals surface area (Å²) >= 11 is 0. The van der Waals surface area contributed by atoms with Crippen LogP contribution in [0.15, 0.2) is 57.8 Å². The first-order valence-electron chi connectivity index (χ1n) is 13.4. The Labute approximate surface area is 223 Å². The fourth-order valence-electron chi connectivity index (χ4n) is 5.63. The minimum Gasteiger partial charge on any atom is -0.496 e. The normalized spacial score (nSPS) is 17.4. The van der Waals surface area contributed by atoms with Gasteiger partial charge in [0, 0.05) is 17.6 Å². The highest BCUT2D eigenvalue weighted by atomic mass is 32.2. The van der Waals surface area contributed by atoms with E-state index in [4.69, 9.17) is 9.15 Å². The lowest BCUT2D eigenvalue weighted by Gasteiger charge is -2.40. The molecular weight excluding hydrogens is 504 g/mol. The van der Waals surface area contributed by atoms with Gasteiger partial charge in [0.25, 0.3) is 11.8 Å². The highest BCUT2D eigenvalue weighted by molar-refractivity contribution is 7.89. The number of carbonyl (C=O) groups is 1. The van der Waals surface area contributed by atoms with Gasteiger partial charge in [-0.25, -0.2) is 8.42 Å². The van der Waals surface area contributed by atoms with Crippen LogP contribution in [0.5, 0.6) is 5.75 Å². The number of hydrogen-bond acceptors (Lipinski definition) is 7. The van der Waals surface area contributed by atoms with Crippen molar-refractivity contribution in [3.05, 3.63) is 54.1 Å². The van der Waals surface area contributed by atoms with Gasteiger partial charge in [0.15, 0.2) is 0 Å². The summed E-state index contributed by atoms with van der Waals surface area (Å²) in [6.45, 7) is 0. The van der Waals surface area contributed by atoms with Gasteiger partial charge in [-0.2, -0.15) is 4.31 Å². The smallest absolute Gasteiger partial charge is 0.322 e. The lowest BCUT2D eigenvalue weighted by Crippen LogP contribution is -2.48. The maximum absolute atomic E-state index is 13.9. The number of nitrogens with one attached hydrogen (secondary N) is 1. The Morgan fingerprint density at radius 3 is 2.11 bits per heavy atom. The molecule has 2 saturated carbocycles. The average molecular weight is 539 g/mol. The minimum absolute atomic E-state index is 0.0507. The molecule has 1 N–H and O–H groups in total. The van der Waals surface area contributed by atoms with Crippen molar-refractivity contribution in [2.75, 3.05) is 12.4 Å². The monoisotopic (exact) mass is 538 g/mol. The number of aromatic nitrogens is 2. The van der Waals surface area contributed by atoms with Crippen molar-refractivity contribution in [2.24, 2.45) is 0 Å². The summed E-state index contributed by atoms with van der Waals surface area (Å²) in [7, 11) is -2.14. The Bertz CT molecular complexity index is 1330. The molecule has 0 aliphatic heterocycles. The van der Waals surface area contributed by atoms with E-state index in [0.29, 0.717) is 16.9 Å². The second-order valence-electron chi connectivity index (χ2n) is 10.0. The third kappa shape index (κ3) is 5.61. The van der Waals surface area contributed by atoms with E-state index >= 15 is 0 Å². The van der Waals surface area contributed by atoms with Crippen molar-refractivity contribution >= 4 is 21.9 Å². The first-order chi connectivity index (χ1) is 18.5. The molecule has 202 valence electrons. The van der Waals surface area contributed by atoms with Gasteiger partial charge >= 0.3 is 6.01 Å². The Kier molecular flexibility index (Phi) is 8.09. The fraction of sp³-hybridized carbons (Fsp3) is 0.464. The molecule has 2 aliphatic rings. The zero-order valence-electron chi connectivity index (χ0n) is 21.6. The number of ether oxygens (including phenoxy) is 1. The molecule has 2 aliphatic carbocycles. The predicted molar refractivity (Wildman–Crippen MR) is 143 cm³/mol. The molecule has 2 fully saturated rings. The summed E-state index contributed by atoms with van der Waals surface area (Å²) in [5.74, 6) is 0.312. The second-order valence-corrected chi connectivity index (χ2v) is 11.9. The van der Waals surface area contributed by atoms with E-state index in [-0.39, 0.29) is 28.9 Å². The molecule has 0 bridgehead atoms. The van der Waals surface area contributed by atoms with Gasteiger partial charge in [0.2, 0.25) is 10.0 Å². The average Bonchev–Trinajstić information content (AvgIpc) is 3.42. The number of nitrogens with zero attached hydrogens (tertiary/aromatic N) is 3. The summed E-state index contributed by atoms with van der Waals surface area (Å²) in [4.78, 5) is 13.1. The summed E-state index contributed by atoms with van der Waals surface area (Å²) in [5.41, 5.74) is 0.904. The largest absolute Gasteiger partial charge is 0.496 e. The highest BCUT2D eigenvalue weighted by Crippen LogP contribution is 2.35. The Morgan fingerprint density at radius 2 is 1.50 bits per heavy atom. The highest BCUT2D eigenvalue weighted by Gasteiger charge is 2.38. The van der Waals surface area contributed by atoms with Gasteiger partial charge in [-0.3, -0.25) is 10.1 Å². The first kappa shape index (κ1) is 26.4. The van der Waals surface area contributed by atoms with Crippen LogP contribution in [0, 0.1) is 0 Å². The van der Waals surface area contributed by atoms with Crippen molar-refractivity contribution in [2.45, 2.75) is 81.2 Å². The van der Waals surface area contributed by atoms with Crippen LogP contribution in [0.4, 0.5) is 6.01 Å². The molecule has 1 heterocycles. The molecule has 5 rings (SSSR count). The van der Waals surface area contributed by atoms with Gasteiger partial charge in [0.05, 0.1) is 17.6 Å². The van der Waals surface area contributed by atoms with E-state index < -0.39 is 15.9 Å². The summed E-state index contributed by atoms with van der Waals surface area (Å²) < 4.78 is 40.5. The van der Waals surface area contributed by atoms with Crippen LogP contribution >= 0.6 is 0 Å². The molecule has 0 radical (unpaired) electrons. The van der Waals surface area contributed by atoms with E-state index in [1.807, 2.05) is 16.4 Å². The Balaban J connectivity index is 1.32. The number of rotatable bonds is 8. The van der Waals surface area contributed by atoms with E-state index in [0.717, 1.165) is 51.4 Å². The third-order valence-electron chi connectivity index (χ3n) is 7.54. The molecule has 9 nitrogen and oxygen atoms in total. The number of sulfonamides is 1. The number of amides is 1. The van der Waals surface area contributed by atoms with Crippen molar-refractivity contribution in [1.29, 1.82) is 0 Å². The second kappa shape index (κ2) is 11.7. The van der Waals surface area contributed by atoms with Crippen molar-refractivity contribution in [1.82, 2.24) is 14.5 Å². The molecular formula is C28H34N4O5S. The summed E-state index contributed by atoms with van der Waals surface area (Å²) in [5, 5.41) is 10.5. The third-order valence-corrected chi connectivity index (χ3v) is 9.56. The van der Waals surface area contributed by atoms with Crippen molar-refractivity contribution < 1.29 is 22.4 Å². The summed E-state index contributed by atoms with van der Waals surface area (Å²) in [6, 6.07) is 13.3. The number of para-hydroxylation sites is 1. The maximum Gasteiger partial charge on any atom is 0.322 e. The zero-order valence-corrected chi connectivity index (χ0v) is 22.5. The molecule has 0 atom stereocenters. The van der Waals surface area contributed by atoms with Gasteiger partial charge in [-0.1, -0.05) is 55.8 Å². The zero-order chi connectivity index (χ0) is 26.5. The first-order valence-corrected chi connectivity index (χ1v) is 14.8. The van der Waals surface area contributed by atoms with Crippen LogP contribution < -0.4 is 10.1 Å². The van der Waals surface area contributed by atoms with Gasteiger partial charge in [0.1, 0.15) is 5.75 Å². The van der Waals surface area contributed by atoms with E-state index in [1.165, 1.54) is 37.1 Å². The van der Waals surface area contributed by atoms with E-state index in [9.17, 15) is 13.2 Å². The summed E-state index contributed by atoms with van der Waals surface area (Å²) in [6.07, 6.45) is 10.3. The van der Waals surface area contributed by atoms with Gasteiger partial charge in [-0.05, 0) is 62.1 Å².